The van der Waals surface area contributed by atoms with Crippen molar-refractivity contribution < 1.29 is 28.7 Å². The first-order chi connectivity index (χ1) is 28.7. The molecule has 5 heterocycles. The van der Waals surface area contributed by atoms with Crippen LogP contribution in [0.15, 0.2) is 79.1 Å². The highest BCUT2D eigenvalue weighted by Gasteiger charge is 2.44. The number of likely N-dealkylation sites (tertiary alicyclic amines) is 1. The summed E-state index contributed by atoms with van der Waals surface area (Å²) in [6.07, 6.45) is 9.73. The van der Waals surface area contributed by atoms with Crippen LogP contribution in [0.3, 0.4) is 0 Å². The van der Waals surface area contributed by atoms with Crippen LogP contribution in [0.5, 0.6) is 11.5 Å². The number of fused-ring (bicyclic) bond motifs is 2. The third-order valence-electron chi connectivity index (χ3n) is 11.3. The summed E-state index contributed by atoms with van der Waals surface area (Å²) in [5, 5.41) is 11.3. The third kappa shape index (κ3) is 8.50. The van der Waals surface area contributed by atoms with Crippen LogP contribution in [0, 0.1) is 0 Å². The molecule has 0 spiro atoms. The summed E-state index contributed by atoms with van der Waals surface area (Å²) in [6, 6.07) is 21.3. The molecular weight excluding hydrogens is 751 g/mol. The Morgan fingerprint density at radius 1 is 0.847 bits per heavy atom. The number of benzene rings is 3. The van der Waals surface area contributed by atoms with E-state index in [1.54, 1.807) is 18.2 Å². The van der Waals surface area contributed by atoms with Crippen molar-refractivity contribution in [2.45, 2.75) is 82.7 Å². The Morgan fingerprint density at radius 3 is 2.39 bits per heavy atom. The Bertz CT molecular complexity index is 2380. The second kappa shape index (κ2) is 17.5. The number of nitrogen functional groups attached to an aromatic ring is 1. The minimum atomic E-state index is -0.982. The number of nitrogens with zero attached hydrogens (tertiary/aromatic N) is 6. The van der Waals surface area contributed by atoms with Crippen molar-refractivity contribution in [3.63, 3.8) is 0 Å². The lowest BCUT2D eigenvalue weighted by Gasteiger charge is -2.33. The Labute approximate surface area is 341 Å². The lowest BCUT2D eigenvalue weighted by atomic mass is 10.0. The van der Waals surface area contributed by atoms with Gasteiger partial charge in [0.15, 0.2) is 5.65 Å². The number of carbonyl (C=O) groups is 5. The number of hydrogen-bond donors (Lipinski definition) is 3. The monoisotopic (exact) mass is 797 g/mol. The number of amides is 5. The van der Waals surface area contributed by atoms with Crippen molar-refractivity contribution in [3.8, 4) is 22.8 Å². The predicted molar refractivity (Wildman–Crippen MR) is 220 cm³/mol. The van der Waals surface area contributed by atoms with Gasteiger partial charge in [-0.15, -0.1) is 0 Å². The predicted octanol–water partition coefficient (Wildman–Crippen LogP) is 6.28. The van der Waals surface area contributed by atoms with Gasteiger partial charge in [-0.1, -0.05) is 43.9 Å². The van der Waals surface area contributed by atoms with E-state index >= 15 is 0 Å². The van der Waals surface area contributed by atoms with Gasteiger partial charge in [-0.2, -0.15) is 5.10 Å². The molecule has 15 heteroatoms. The van der Waals surface area contributed by atoms with Gasteiger partial charge < -0.3 is 20.7 Å². The van der Waals surface area contributed by atoms with Crippen molar-refractivity contribution in [2.75, 3.05) is 30.7 Å². The number of carbonyl (C=O) groups excluding carboxylic acids is 5. The molecule has 304 valence electrons. The highest BCUT2D eigenvalue weighted by Crippen LogP contribution is 2.35. The topological polar surface area (TPSA) is 195 Å². The zero-order valence-corrected chi connectivity index (χ0v) is 32.8. The van der Waals surface area contributed by atoms with Gasteiger partial charge in [-0.05, 0) is 86.7 Å². The molecule has 0 saturated carbocycles. The third-order valence-corrected chi connectivity index (χ3v) is 11.3. The number of ether oxygens (including phenoxy) is 1. The summed E-state index contributed by atoms with van der Waals surface area (Å²) in [6.45, 7) is 1.98. The molecule has 5 aromatic rings. The highest BCUT2D eigenvalue weighted by molar-refractivity contribution is 6.23. The van der Waals surface area contributed by atoms with Gasteiger partial charge in [0.25, 0.3) is 11.8 Å². The minimum Gasteiger partial charge on any atom is -0.457 e. The van der Waals surface area contributed by atoms with E-state index < -0.39 is 29.7 Å². The maximum atomic E-state index is 13.4. The molecule has 2 atom stereocenters. The number of unbranched alkanes of at least 4 members (excludes halogenated alkanes) is 5. The molecule has 3 aliphatic heterocycles. The smallest absolute Gasteiger partial charge is 0.262 e. The van der Waals surface area contributed by atoms with Crippen molar-refractivity contribution in [1.29, 1.82) is 0 Å². The lowest BCUT2D eigenvalue weighted by molar-refractivity contribution is -0.136. The van der Waals surface area contributed by atoms with Crippen molar-refractivity contribution in [3.05, 3.63) is 90.3 Å². The molecule has 0 bridgehead atoms. The number of imide groups is 2. The maximum Gasteiger partial charge on any atom is 0.262 e. The molecule has 4 N–H and O–H groups in total. The Morgan fingerprint density at radius 2 is 1.59 bits per heavy atom. The van der Waals surface area contributed by atoms with Gasteiger partial charge in [-0.25, -0.2) is 14.6 Å². The number of rotatable bonds is 15. The fourth-order valence-corrected chi connectivity index (χ4v) is 8.22. The van der Waals surface area contributed by atoms with Gasteiger partial charge >= 0.3 is 0 Å². The molecule has 2 fully saturated rings. The fourth-order valence-electron chi connectivity index (χ4n) is 8.22. The van der Waals surface area contributed by atoms with Crippen LogP contribution in [0.1, 0.15) is 97.4 Å². The van der Waals surface area contributed by atoms with Crippen molar-refractivity contribution in [1.82, 2.24) is 34.9 Å². The number of hydrogen-bond acceptors (Lipinski definition) is 11. The lowest BCUT2D eigenvalue weighted by Crippen LogP contribution is -2.54. The normalized spacial score (nSPS) is 18.0. The van der Waals surface area contributed by atoms with E-state index in [2.05, 4.69) is 20.6 Å². The number of piperidine rings is 2. The van der Waals surface area contributed by atoms with E-state index in [1.165, 1.54) is 6.33 Å². The molecule has 59 heavy (non-hydrogen) atoms. The molecule has 2 saturated heterocycles. The van der Waals surface area contributed by atoms with Gasteiger partial charge in [-0.3, -0.25) is 34.2 Å². The van der Waals surface area contributed by atoms with E-state index in [0.29, 0.717) is 47.8 Å². The van der Waals surface area contributed by atoms with E-state index in [-0.39, 0.29) is 35.9 Å². The highest BCUT2D eigenvalue weighted by atomic mass is 16.5. The molecule has 15 nitrogen and oxygen atoms in total. The number of aromatic nitrogens is 4. The van der Waals surface area contributed by atoms with Crippen LogP contribution in [-0.2, 0) is 14.4 Å². The standard InChI is InChI=1S/C44H47N9O6/c45-40-38-39(28-15-18-32(19-16-28)59-31-12-6-5-7-13-31)50-53(41(38)48-27-47-40)30-11-10-24-51(26-30)37(55)14-8-3-1-2-4-9-23-46-29-17-20-33-34(25-29)44(58)52(43(33)57)35-21-22-36(54)49-42(35)56/h5-7,12-13,15-20,25,27,30,35,46H,1-4,8-11,14,21-24,26H2,(H2,45,47,48)(H,49,54,56)/t30-,35?/m0/s1. The Kier molecular flexibility index (Phi) is 11.6. The molecule has 0 radical (unpaired) electrons. The quantitative estimate of drug-likeness (QED) is 0.0798. The molecule has 5 amide bonds. The van der Waals surface area contributed by atoms with Crippen LogP contribution < -0.4 is 21.1 Å². The van der Waals surface area contributed by atoms with Crippen LogP contribution >= 0.6 is 0 Å². The van der Waals surface area contributed by atoms with E-state index in [4.69, 9.17) is 15.6 Å². The molecule has 8 rings (SSSR count). The second-order valence-electron chi connectivity index (χ2n) is 15.3. The van der Waals surface area contributed by atoms with E-state index in [0.717, 1.165) is 79.8 Å². The molecule has 1 unspecified atom stereocenters. The summed E-state index contributed by atoms with van der Waals surface area (Å²) in [7, 11) is 0. The average Bonchev–Trinajstić information content (AvgIpc) is 3.76. The van der Waals surface area contributed by atoms with E-state index in [9.17, 15) is 24.0 Å². The maximum absolute atomic E-state index is 13.4. The summed E-state index contributed by atoms with van der Waals surface area (Å²) < 4.78 is 7.90. The first-order valence-corrected chi connectivity index (χ1v) is 20.4. The number of nitrogens with one attached hydrogen (secondary N) is 2. The molecule has 3 aliphatic rings. The Hall–Kier alpha value is -6.64. The largest absolute Gasteiger partial charge is 0.457 e. The van der Waals surface area contributed by atoms with Crippen LogP contribution in [-0.4, -0.2) is 84.8 Å². The summed E-state index contributed by atoms with van der Waals surface area (Å²) in [4.78, 5) is 75.1. The Balaban J connectivity index is 0.771. The minimum absolute atomic E-state index is 0.0418. The summed E-state index contributed by atoms with van der Waals surface area (Å²) >= 11 is 0. The second-order valence-corrected chi connectivity index (χ2v) is 15.3. The summed E-state index contributed by atoms with van der Waals surface area (Å²) in [5.74, 6) is -0.0726. The van der Waals surface area contributed by atoms with Gasteiger partial charge in [0.2, 0.25) is 17.7 Å². The first-order valence-electron chi connectivity index (χ1n) is 20.4. The zero-order valence-electron chi connectivity index (χ0n) is 32.8. The van der Waals surface area contributed by atoms with E-state index in [1.807, 2.05) is 64.2 Å². The van der Waals surface area contributed by atoms with Crippen LogP contribution in [0.25, 0.3) is 22.3 Å². The van der Waals surface area contributed by atoms with Gasteiger partial charge in [0, 0.05) is 43.7 Å². The fraction of sp³-hybridized carbons (Fsp3) is 0.364. The number of para-hydroxylation sites is 1. The molecular formula is C44H47N9O6. The summed E-state index contributed by atoms with van der Waals surface area (Å²) in [5.41, 5.74) is 9.87. The zero-order chi connectivity index (χ0) is 40.9. The van der Waals surface area contributed by atoms with Crippen molar-refractivity contribution >= 4 is 52.1 Å². The van der Waals surface area contributed by atoms with Gasteiger partial charge in [0.05, 0.1) is 22.6 Å². The SMILES string of the molecule is Nc1ncnc2c1c(-c1ccc(Oc3ccccc3)cc1)nn2[C@H]1CCCN(C(=O)CCCCCCCCNc2ccc3c(c2)C(=O)N(C2CCC(=O)NC2=O)C3=O)C1. The van der Waals surface area contributed by atoms with Gasteiger partial charge in [0.1, 0.15) is 35.4 Å². The molecule has 3 aromatic carbocycles. The molecule has 2 aromatic heterocycles. The number of nitrogens with two attached hydrogens (primary N) is 1. The van der Waals surface area contributed by atoms with Crippen LogP contribution in [0.4, 0.5) is 11.5 Å². The molecule has 0 aliphatic carbocycles. The number of anilines is 2. The average molecular weight is 798 g/mol. The van der Waals surface area contributed by atoms with Crippen LogP contribution in [0.2, 0.25) is 0 Å². The first kappa shape index (κ1) is 39.2. The van der Waals surface area contributed by atoms with Crippen molar-refractivity contribution in [2.24, 2.45) is 0 Å².